The molecule has 0 spiro atoms. The van der Waals surface area contributed by atoms with Gasteiger partial charge in [0.1, 0.15) is 12.1 Å². The molecule has 1 heterocycles. The van der Waals surface area contributed by atoms with Gasteiger partial charge in [0.05, 0.1) is 39.5 Å². The zero-order valence-corrected chi connectivity index (χ0v) is 19.7. The van der Waals surface area contributed by atoms with Crippen molar-refractivity contribution in [3.05, 3.63) is 126 Å². The minimum atomic E-state index is 0.286. The van der Waals surface area contributed by atoms with Crippen LogP contribution in [0.25, 0.3) is 49.7 Å². The first-order valence-corrected chi connectivity index (χ1v) is 11.8. The lowest BCUT2D eigenvalue weighted by atomic mass is 10.0. The number of rotatable bonds is 3. The summed E-state index contributed by atoms with van der Waals surface area (Å²) in [5.74, 6) is 0. The van der Waals surface area contributed by atoms with Gasteiger partial charge in [0.25, 0.3) is 0 Å². The fraction of sp³-hybridized carbons (Fsp3) is 0. The van der Waals surface area contributed by atoms with Crippen LogP contribution in [0.1, 0.15) is 16.7 Å². The predicted octanol–water partition coefficient (Wildman–Crippen LogP) is 7.73. The number of hydrogen-bond acceptors (Lipinski definition) is 3. The normalized spacial score (nSPS) is 10.6. The Morgan fingerprint density at radius 3 is 1.32 bits per heavy atom. The number of aromatic nitrogens is 1. The number of nitriles is 3. The number of benzene rings is 5. The Labute approximate surface area is 214 Å². The molecule has 0 amide bonds. The van der Waals surface area contributed by atoms with Gasteiger partial charge in [-0.3, -0.25) is 0 Å². The highest BCUT2D eigenvalue weighted by Gasteiger charge is 2.20. The summed E-state index contributed by atoms with van der Waals surface area (Å²) < 4.78 is 1.98. The molecule has 4 nitrogen and oxygen atoms in total. The summed E-state index contributed by atoms with van der Waals surface area (Å²) in [6.45, 7) is 0. The molecule has 0 aliphatic rings. The molecule has 5 aromatic carbocycles. The average Bonchev–Trinajstić information content (AvgIpc) is 3.29. The van der Waals surface area contributed by atoms with Crippen LogP contribution in [-0.4, -0.2) is 4.57 Å². The summed E-state index contributed by atoms with van der Waals surface area (Å²) in [5, 5.41) is 31.5. The molecule has 0 unspecified atom stereocenters. The monoisotopic (exact) mass is 470 g/mol. The maximum absolute atomic E-state index is 10.0. The third-order valence-corrected chi connectivity index (χ3v) is 6.68. The molecule has 6 aromatic rings. The van der Waals surface area contributed by atoms with Crippen LogP contribution in [0.3, 0.4) is 0 Å². The van der Waals surface area contributed by atoms with Crippen molar-refractivity contribution in [1.82, 2.24) is 4.57 Å². The fourth-order valence-corrected chi connectivity index (χ4v) is 4.99. The highest BCUT2D eigenvalue weighted by molar-refractivity contribution is 6.12. The van der Waals surface area contributed by atoms with Gasteiger partial charge in [-0.2, -0.15) is 15.8 Å². The minimum Gasteiger partial charge on any atom is -0.307 e. The van der Waals surface area contributed by atoms with Crippen molar-refractivity contribution in [3.8, 4) is 46.1 Å². The zero-order chi connectivity index (χ0) is 25.4. The first kappa shape index (κ1) is 21.9. The third kappa shape index (κ3) is 3.60. The molecule has 0 aliphatic heterocycles. The quantitative estimate of drug-likeness (QED) is 0.265. The SMILES string of the molecule is N#Cc1cc(C#N)c(-n2c3ccc(-c4ccccc4)cc3c3cc(-c4ccccc4)ccc32)c(C#N)c1. The first-order chi connectivity index (χ1) is 18.2. The molecule has 4 heteroatoms. The van der Waals surface area contributed by atoms with Crippen molar-refractivity contribution in [1.29, 1.82) is 15.8 Å². The van der Waals surface area contributed by atoms with Gasteiger partial charge in [-0.25, -0.2) is 0 Å². The van der Waals surface area contributed by atoms with E-state index in [9.17, 15) is 15.8 Å². The van der Waals surface area contributed by atoms with Crippen LogP contribution in [0.2, 0.25) is 0 Å². The van der Waals surface area contributed by atoms with Gasteiger partial charge in [0.15, 0.2) is 0 Å². The van der Waals surface area contributed by atoms with E-state index in [1.807, 2.05) is 53.1 Å². The molecular formula is C33H18N4. The topological polar surface area (TPSA) is 76.3 Å². The summed E-state index contributed by atoms with van der Waals surface area (Å²) in [4.78, 5) is 0. The van der Waals surface area contributed by atoms with E-state index in [4.69, 9.17) is 0 Å². The van der Waals surface area contributed by atoms with Gasteiger partial charge in [0, 0.05) is 10.8 Å². The standard InChI is InChI=1S/C33H18N4/c34-19-22-15-27(20-35)33(28(16-22)21-36)37-31-13-11-25(23-7-3-1-4-8-23)17-29(31)30-18-26(12-14-32(30)37)24-9-5-2-6-10-24/h1-18H. The van der Waals surface area contributed by atoms with Crippen LogP contribution >= 0.6 is 0 Å². The Morgan fingerprint density at radius 1 is 0.459 bits per heavy atom. The van der Waals surface area contributed by atoms with E-state index in [1.165, 1.54) is 0 Å². The van der Waals surface area contributed by atoms with Gasteiger partial charge < -0.3 is 4.57 Å². The van der Waals surface area contributed by atoms with Crippen molar-refractivity contribution in [2.75, 3.05) is 0 Å². The van der Waals surface area contributed by atoms with E-state index >= 15 is 0 Å². The molecule has 1 aromatic heterocycles. The fourth-order valence-electron chi connectivity index (χ4n) is 4.99. The highest BCUT2D eigenvalue weighted by Crippen LogP contribution is 2.38. The summed E-state index contributed by atoms with van der Waals surface area (Å²) >= 11 is 0. The Hall–Kier alpha value is -5.63. The average molecular weight is 471 g/mol. The predicted molar refractivity (Wildman–Crippen MR) is 146 cm³/mol. The molecule has 0 saturated carbocycles. The van der Waals surface area contributed by atoms with Gasteiger partial charge in [0.2, 0.25) is 0 Å². The Bertz CT molecular complexity index is 1810. The van der Waals surface area contributed by atoms with E-state index in [1.54, 1.807) is 12.1 Å². The summed E-state index contributed by atoms with van der Waals surface area (Å²) in [6.07, 6.45) is 0. The summed E-state index contributed by atoms with van der Waals surface area (Å²) in [7, 11) is 0. The highest BCUT2D eigenvalue weighted by atomic mass is 15.0. The van der Waals surface area contributed by atoms with E-state index < -0.39 is 0 Å². The van der Waals surface area contributed by atoms with Gasteiger partial charge in [-0.05, 0) is 58.7 Å². The minimum absolute atomic E-state index is 0.286. The van der Waals surface area contributed by atoms with E-state index in [2.05, 4.69) is 66.7 Å². The third-order valence-electron chi connectivity index (χ3n) is 6.68. The van der Waals surface area contributed by atoms with Gasteiger partial charge in [-0.15, -0.1) is 0 Å². The van der Waals surface area contributed by atoms with Crippen molar-refractivity contribution in [3.63, 3.8) is 0 Å². The van der Waals surface area contributed by atoms with Gasteiger partial charge in [-0.1, -0.05) is 72.8 Å². The second-order valence-electron chi connectivity index (χ2n) is 8.79. The van der Waals surface area contributed by atoms with Crippen LogP contribution in [0, 0.1) is 34.0 Å². The maximum atomic E-state index is 10.0. The lowest BCUT2D eigenvalue weighted by molar-refractivity contribution is 1.15. The summed E-state index contributed by atoms with van der Waals surface area (Å²) in [5.41, 5.74) is 7.50. The van der Waals surface area contributed by atoms with Crippen molar-refractivity contribution >= 4 is 21.8 Å². The molecule has 0 bridgehead atoms. The largest absolute Gasteiger partial charge is 0.307 e. The van der Waals surface area contributed by atoms with Crippen LogP contribution in [-0.2, 0) is 0 Å². The molecule has 0 saturated heterocycles. The number of nitrogens with zero attached hydrogens (tertiary/aromatic N) is 4. The molecule has 37 heavy (non-hydrogen) atoms. The number of fused-ring (bicyclic) bond motifs is 3. The Kier molecular flexibility index (Phi) is 5.24. The van der Waals surface area contributed by atoms with Crippen molar-refractivity contribution in [2.24, 2.45) is 0 Å². The van der Waals surface area contributed by atoms with E-state index in [0.29, 0.717) is 5.69 Å². The Morgan fingerprint density at radius 2 is 0.919 bits per heavy atom. The van der Waals surface area contributed by atoms with Gasteiger partial charge >= 0.3 is 0 Å². The second kappa shape index (κ2) is 8.86. The molecule has 0 fully saturated rings. The van der Waals surface area contributed by atoms with Crippen LogP contribution in [0.15, 0.2) is 109 Å². The zero-order valence-electron chi connectivity index (χ0n) is 19.7. The van der Waals surface area contributed by atoms with Crippen molar-refractivity contribution in [2.45, 2.75) is 0 Å². The molecule has 0 N–H and O–H groups in total. The second-order valence-corrected chi connectivity index (χ2v) is 8.79. The van der Waals surface area contributed by atoms with Crippen LogP contribution in [0.5, 0.6) is 0 Å². The molecule has 0 atom stereocenters. The molecular weight excluding hydrogens is 452 g/mol. The van der Waals surface area contributed by atoms with E-state index in [0.717, 1.165) is 44.1 Å². The smallest absolute Gasteiger partial charge is 0.101 e. The first-order valence-electron chi connectivity index (χ1n) is 11.8. The van der Waals surface area contributed by atoms with Crippen LogP contribution < -0.4 is 0 Å². The molecule has 170 valence electrons. The lowest BCUT2D eigenvalue weighted by Crippen LogP contribution is -2.02. The summed E-state index contributed by atoms with van der Waals surface area (Å²) in [6, 6.07) is 42.5. The van der Waals surface area contributed by atoms with Crippen molar-refractivity contribution < 1.29 is 0 Å². The molecule has 0 radical (unpaired) electrons. The maximum Gasteiger partial charge on any atom is 0.101 e. The lowest BCUT2D eigenvalue weighted by Gasteiger charge is -2.13. The molecule has 6 rings (SSSR count). The number of hydrogen-bond donors (Lipinski definition) is 0. The Balaban J connectivity index is 1.73. The van der Waals surface area contributed by atoms with Crippen LogP contribution in [0.4, 0.5) is 0 Å². The molecule has 0 aliphatic carbocycles. The van der Waals surface area contributed by atoms with E-state index in [-0.39, 0.29) is 16.7 Å².